The van der Waals surface area contributed by atoms with Gasteiger partial charge >= 0.3 is 5.97 Å². The molecule has 3 heterocycles. The molecular formula is C29H26FN5O3S. The second-order valence-electron chi connectivity index (χ2n) is 8.94. The predicted octanol–water partition coefficient (Wildman–Crippen LogP) is 4.80. The average molecular weight is 544 g/mol. The molecule has 1 saturated heterocycles. The number of para-hydroxylation sites is 1. The SMILES string of the molecule is COC(=O)c1cccc(-n2cccc2[C@H]2[C@H](c3ccccn3)NC(=S)N2CCC(=O)Nc2ccccc2F)c1. The van der Waals surface area contributed by atoms with E-state index in [9.17, 15) is 14.0 Å². The number of amides is 1. The Morgan fingerprint density at radius 2 is 1.90 bits per heavy atom. The van der Waals surface area contributed by atoms with Crippen LogP contribution >= 0.6 is 12.2 Å². The molecule has 8 nitrogen and oxygen atoms in total. The number of halogens is 1. The van der Waals surface area contributed by atoms with Crippen molar-refractivity contribution in [3.63, 3.8) is 0 Å². The molecule has 1 amide bonds. The molecular weight excluding hydrogens is 517 g/mol. The predicted molar refractivity (Wildman–Crippen MR) is 149 cm³/mol. The number of hydrogen-bond donors (Lipinski definition) is 2. The monoisotopic (exact) mass is 543 g/mol. The minimum absolute atomic E-state index is 0.0835. The summed E-state index contributed by atoms with van der Waals surface area (Å²) in [5, 5.41) is 6.49. The van der Waals surface area contributed by atoms with Crippen LogP contribution in [0.5, 0.6) is 0 Å². The van der Waals surface area contributed by atoms with Crippen molar-refractivity contribution in [1.29, 1.82) is 0 Å². The number of anilines is 1. The molecule has 4 aromatic rings. The third-order valence-corrected chi connectivity index (χ3v) is 6.91. The van der Waals surface area contributed by atoms with Gasteiger partial charge in [-0.15, -0.1) is 0 Å². The zero-order valence-electron chi connectivity index (χ0n) is 21.1. The number of aromatic nitrogens is 2. The van der Waals surface area contributed by atoms with Gasteiger partial charge in [-0.25, -0.2) is 9.18 Å². The maximum Gasteiger partial charge on any atom is 0.337 e. The molecule has 0 saturated carbocycles. The Labute approximate surface area is 230 Å². The maximum atomic E-state index is 14.1. The Morgan fingerprint density at radius 1 is 1.08 bits per heavy atom. The lowest BCUT2D eigenvalue weighted by Gasteiger charge is -2.29. The van der Waals surface area contributed by atoms with Crippen LogP contribution in [0.1, 0.15) is 40.3 Å². The Kier molecular flexibility index (Phi) is 7.64. The fraction of sp³-hybridized carbons (Fsp3) is 0.172. The van der Waals surface area contributed by atoms with Gasteiger partial charge in [0.25, 0.3) is 0 Å². The van der Waals surface area contributed by atoms with E-state index in [1.165, 1.54) is 19.2 Å². The highest BCUT2D eigenvalue weighted by Gasteiger charge is 2.41. The minimum Gasteiger partial charge on any atom is -0.465 e. The van der Waals surface area contributed by atoms with Crippen LogP contribution < -0.4 is 10.6 Å². The van der Waals surface area contributed by atoms with E-state index < -0.39 is 11.8 Å². The molecule has 2 aromatic carbocycles. The van der Waals surface area contributed by atoms with Crippen molar-refractivity contribution in [2.75, 3.05) is 19.0 Å². The summed E-state index contributed by atoms with van der Waals surface area (Å²) in [6, 6.07) is 22.1. The van der Waals surface area contributed by atoms with E-state index in [1.807, 2.05) is 52.1 Å². The summed E-state index contributed by atoms with van der Waals surface area (Å²) in [6.45, 7) is 0.285. The molecule has 0 aliphatic carbocycles. The number of methoxy groups -OCH3 is 1. The smallest absolute Gasteiger partial charge is 0.337 e. The number of nitrogens with one attached hydrogen (secondary N) is 2. The van der Waals surface area contributed by atoms with Gasteiger partial charge in [0, 0.05) is 36.7 Å². The van der Waals surface area contributed by atoms with E-state index >= 15 is 0 Å². The van der Waals surface area contributed by atoms with Crippen LogP contribution in [0.4, 0.5) is 10.1 Å². The van der Waals surface area contributed by atoms with Crippen molar-refractivity contribution in [2.45, 2.75) is 18.5 Å². The maximum absolute atomic E-state index is 14.1. The molecule has 5 rings (SSSR count). The molecule has 2 aromatic heterocycles. The Bertz CT molecular complexity index is 1510. The minimum atomic E-state index is -0.496. The second-order valence-corrected chi connectivity index (χ2v) is 9.33. The average Bonchev–Trinajstić information content (AvgIpc) is 3.57. The summed E-state index contributed by atoms with van der Waals surface area (Å²) in [5.74, 6) is -1.25. The fourth-order valence-electron chi connectivity index (χ4n) is 4.74. The van der Waals surface area contributed by atoms with Gasteiger partial charge in [0.05, 0.1) is 36.1 Å². The van der Waals surface area contributed by atoms with E-state index in [1.54, 1.807) is 36.5 Å². The lowest BCUT2D eigenvalue weighted by Crippen LogP contribution is -2.33. The van der Waals surface area contributed by atoms with Crippen LogP contribution in [0.25, 0.3) is 5.69 Å². The standard InChI is InChI=1S/C29H26FN5O3S/c1-38-28(37)19-8-6-9-20(18-19)34-16-7-13-24(34)27-26(23-12-4-5-15-31-23)33-29(39)35(27)17-14-25(36)32-22-11-3-2-10-21(22)30/h2-13,15-16,18,26-27H,14,17H2,1H3,(H,32,36)(H,33,39)/t26-,27-/m0/s1. The van der Waals surface area contributed by atoms with Gasteiger partial charge in [0.2, 0.25) is 5.91 Å². The first-order valence-electron chi connectivity index (χ1n) is 12.3. The zero-order chi connectivity index (χ0) is 27.4. The zero-order valence-corrected chi connectivity index (χ0v) is 21.9. The highest BCUT2D eigenvalue weighted by molar-refractivity contribution is 7.80. The number of nitrogens with zero attached hydrogens (tertiary/aromatic N) is 3. The number of hydrogen-bond acceptors (Lipinski definition) is 5. The van der Waals surface area contributed by atoms with E-state index in [0.29, 0.717) is 10.7 Å². The Hall–Kier alpha value is -4.57. The molecule has 39 heavy (non-hydrogen) atoms. The number of carbonyl (C=O) groups excluding carboxylic acids is 2. The van der Waals surface area contributed by atoms with E-state index in [0.717, 1.165) is 17.1 Å². The number of esters is 1. The normalized spacial score (nSPS) is 16.6. The molecule has 2 N–H and O–H groups in total. The summed E-state index contributed by atoms with van der Waals surface area (Å²) < 4.78 is 20.9. The number of rotatable bonds is 8. The Morgan fingerprint density at radius 3 is 2.67 bits per heavy atom. The van der Waals surface area contributed by atoms with Gasteiger partial charge in [-0.2, -0.15) is 0 Å². The third kappa shape index (κ3) is 5.51. The summed E-state index contributed by atoms with van der Waals surface area (Å²) >= 11 is 5.73. The molecule has 0 bridgehead atoms. The number of thiocarbonyl (C=S) groups is 1. The van der Waals surface area contributed by atoms with E-state index in [2.05, 4.69) is 15.6 Å². The van der Waals surface area contributed by atoms with Gasteiger partial charge in [-0.05, 0) is 66.8 Å². The van der Waals surface area contributed by atoms with Crippen LogP contribution in [-0.2, 0) is 9.53 Å². The largest absolute Gasteiger partial charge is 0.465 e. The van der Waals surface area contributed by atoms with Crippen molar-refractivity contribution < 1.29 is 18.7 Å². The molecule has 0 radical (unpaired) electrons. The molecule has 0 unspecified atom stereocenters. The summed E-state index contributed by atoms with van der Waals surface area (Å²) in [4.78, 5) is 31.4. The molecule has 1 aliphatic rings. The molecule has 1 fully saturated rings. The highest BCUT2D eigenvalue weighted by atomic mass is 32.1. The number of carbonyl (C=O) groups is 2. The van der Waals surface area contributed by atoms with Gasteiger partial charge in [-0.3, -0.25) is 9.78 Å². The van der Waals surface area contributed by atoms with E-state index in [4.69, 9.17) is 17.0 Å². The van der Waals surface area contributed by atoms with Gasteiger partial charge in [0.1, 0.15) is 5.82 Å². The van der Waals surface area contributed by atoms with Crippen molar-refractivity contribution in [1.82, 2.24) is 19.8 Å². The first-order valence-corrected chi connectivity index (χ1v) is 12.8. The second kappa shape index (κ2) is 11.4. The quantitative estimate of drug-likeness (QED) is 0.244. The van der Waals surface area contributed by atoms with Gasteiger partial charge in [0.15, 0.2) is 5.11 Å². The molecule has 0 spiro atoms. The van der Waals surface area contributed by atoms with Crippen molar-refractivity contribution in [3.05, 3.63) is 114 Å². The molecule has 1 aliphatic heterocycles. The third-order valence-electron chi connectivity index (χ3n) is 6.55. The fourth-order valence-corrected chi connectivity index (χ4v) is 5.07. The highest BCUT2D eigenvalue weighted by Crippen LogP contribution is 2.39. The van der Waals surface area contributed by atoms with Crippen molar-refractivity contribution >= 4 is 34.9 Å². The number of pyridine rings is 1. The topological polar surface area (TPSA) is 88.5 Å². The van der Waals surface area contributed by atoms with E-state index in [-0.39, 0.29) is 36.6 Å². The first kappa shape index (κ1) is 26.1. The van der Waals surface area contributed by atoms with Crippen molar-refractivity contribution in [3.8, 4) is 5.69 Å². The Balaban J connectivity index is 1.46. The van der Waals surface area contributed by atoms with Crippen LogP contribution in [0.2, 0.25) is 0 Å². The van der Waals surface area contributed by atoms with Gasteiger partial charge in [-0.1, -0.05) is 24.3 Å². The number of ether oxygens (including phenoxy) is 1. The lowest BCUT2D eigenvalue weighted by atomic mass is 10.0. The molecule has 2 atom stereocenters. The van der Waals surface area contributed by atoms with Crippen molar-refractivity contribution in [2.24, 2.45) is 0 Å². The van der Waals surface area contributed by atoms with Crippen LogP contribution in [0.15, 0.2) is 91.3 Å². The summed E-state index contributed by atoms with van der Waals surface area (Å²) in [7, 11) is 1.35. The first-order chi connectivity index (χ1) is 19.0. The summed E-state index contributed by atoms with van der Waals surface area (Å²) in [5.41, 5.74) is 3.01. The number of benzene rings is 2. The molecule has 198 valence electrons. The van der Waals surface area contributed by atoms with Gasteiger partial charge < -0.3 is 24.8 Å². The lowest BCUT2D eigenvalue weighted by molar-refractivity contribution is -0.116. The van der Waals surface area contributed by atoms with Crippen LogP contribution in [-0.4, -0.2) is 45.1 Å². The summed E-state index contributed by atoms with van der Waals surface area (Å²) in [6.07, 6.45) is 3.71. The van der Waals surface area contributed by atoms with Crippen LogP contribution in [0.3, 0.4) is 0 Å². The van der Waals surface area contributed by atoms with Crippen LogP contribution in [0, 0.1) is 5.82 Å². The molecule has 10 heteroatoms.